The van der Waals surface area contributed by atoms with E-state index in [1.165, 1.54) is 4.68 Å². The Labute approximate surface area is 145 Å². The Kier molecular flexibility index (Phi) is 3.78. The molecular formula is C19H20N2O4. The number of hydrogen-bond donors (Lipinski definition) is 1. The first-order valence-corrected chi connectivity index (χ1v) is 8.15. The molecule has 1 N–H and O–H groups in total. The second-order valence-electron chi connectivity index (χ2n) is 6.87. The molecule has 6 heteroatoms. The summed E-state index contributed by atoms with van der Waals surface area (Å²) in [5.41, 5.74) is 1.27. The third kappa shape index (κ3) is 2.36. The molecule has 0 fully saturated rings. The molecule has 0 atom stereocenters. The molecule has 2 aromatic rings. The van der Waals surface area contributed by atoms with Gasteiger partial charge in [-0.1, -0.05) is 32.9 Å². The monoisotopic (exact) mass is 340 g/mol. The number of benzene rings is 1. The molecule has 3 rings (SSSR count). The molecule has 0 bridgehead atoms. The van der Waals surface area contributed by atoms with E-state index in [0.29, 0.717) is 11.3 Å². The highest BCUT2D eigenvalue weighted by Gasteiger charge is 2.41. The van der Waals surface area contributed by atoms with Gasteiger partial charge in [-0.15, -0.1) is 0 Å². The van der Waals surface area contributed by atoms with Crippen molar-refractivity contribution >= 4 is 17.8 Å². The molecule has 2 amide bonds. The number of imide groups is 1. The summed E-state index contributed by atoms with van der Waals surface area (Å²) in [7, 11) is 0. The van der Waals surface area contributed by atoms with Gasteiger partial charge < -0.3 is 5.11 Å². The number of carboxylic acids is 1. The molecule has 1 aliphatic rings. The van der Waals surface area contributed by atoms with Crippen LogP contribution in [-0.2, 0) is 5.41 Å². The number of hydrogen-bond acceptors (Lipinski definition) is 3. The van der Waals surface area contributed by atoms with Crippen LogP contribution in [0.15, 0.2) is 30.3 Å². The molecular weight excluding hydrogens is 320 g/mol. The van der Waals surface area contributed by atoms with Crippen LogP contribution in [0.3, 0.4) is 0 Å². The number of nitrogens with zero attached hydrogens (tertiary/aromatic N) is 2. The Hall–Kier alpha value is -2.89. The van der Waals surface area contributed by atoms with Crippen molar-refractivity contribution in [1.29, 1.82) is 0 Å². The van der Waals surface area contributed by atoms with Gasteiger partial charge in [-0.2, -0.15) is 5.01 Å². The van der Waals surface area contributed by atoms with Crippen molar-refractivity contribution in [2.45, 2.75) is 39.5 Å². The van der Waals surface area contributed by atoms with Gasteiger partial charge in [-0.3, -0.25) is 9.59 Å². The van der Waals surface area contributed by atoms with Crippen molar-refractivity contribution in [2.24, 2.45) is 0 Å². The van der Waals surface area contributed by atoms with Gasteiger partial charge >= 0.3 is 5.97 Å². The first kappa shape index (κ1) is 17.0. The van der Waals surface area contributed by atoms with Crippen LogP contribution in [0.25, 0.3) is 0 Å². The number of aryl methyl sites for hydroxylation is 1. The summed E-state index contributed by atoms with van der Waals surface area (Å²) in [6.45, 7) is 7.56. The average Bonchev–Trinajstić information content (AvgIpc) is 3.04. The van der Waals surface area contributed by atoms with Gasteiger partial charge in [-0.05, 0) is 42.5 Å². The maximum absolute atomic E-state index is 12.8. The van der Waals surface area contributed by atoms with E-state index in [9.17, 15) is 19.5 Å². The van der Waals surface area contributed by atoms with Gasteiger partial charge in [-0.25, -0.2) is 9.47 Å². The van der Waals surface area contributed by atoms with Crippen molar-refractivity contribution in [1.82, 2.24) is 4.68 Å². The highest BCUT2D eigenvalue weighted by Crippen LogP contribution is 2.34. The maximum Gasteiger partial charge on any atom is 0.354 e. The third-order valence-electron chi connectivity index (χ3n) is 4.94. The largest absolute Gasteiger partial charge is 0.477 e. The normalized spacial score (nSPS) is 14.2. The summed E-state index contributed by atoms with van der Waals surface area (Å²) >= 11 is 0. The van der Waals surface area contributed by atoms with E-state index in [-0.39, 0.29) is 16.8 Å². The van der Waals surface area contributed by atoms with E-state index in [1.807, 2.05) is 20.8 Å². The predicted molar refractivity (Wildman–Crippen MR) is 92.8 cm³/mol. The Morgan fingerprint density at radius 2 is 1.64 bits per heavy atom. The zero-order valence-corrected chi connectivity index (χ0v) is 14.7. The fourth-order valence-electron chi connectivity index (χ4n) is 3.16. The topological polar surface area (TPSA) is 79.6 Å². The van der Waals surface area contributed by atoms with Crippen LogP contribution >= 0.6 is 0 Å². The Balaban J connectivity index is 2.25. The van der Waals surface area contributed by atoms with Crippen LogP contribution in [0.2, 0.25) is 0 Å². The number of carbonyl (C=O) groups excluding carboxylic acids is 2. The fraction of sp³-hybridized carbons (Fsp3) is 0.316. The van der Waals surface area contributed by atoms with E-state index in [2.05, 4.69) is 0 Å². The number of carboxylic acid groups (broad SMARTS) is 1. The summed E-state index contributed by atoms with van der Waals surface area (Å²) in [6.07, 6.45) is 0.721. The van der Waals surface area contributed by atoms with Gasteiger partial charge in [0.1, 0.15) is 0 Å². The first-order chi connectivity index (χ1) is 11.7. The van der Waals surface area contributed by atoms with Crippen LogP contribution in [0.1, 0.15) is 69.7 Å². The van der Waals surface area contributed by atoms with E-state index < -0.39 is 23.2 Å². The van der Waals surface area contributed by atoms with Gasteiger partial charge in [0.05, 0.1) is 11.1 Å². The van der Waals surface area contributed by atoms with Crippen LogP contribution in [0, 0.1) is 6.92 Å². The highest BCUT2D eigenvalue weighted by atomic mass is 16.4. The molecule has 25 heavy (non-hydrogen) atoms. The molecule has 0 radical (unpaired) electrons. The zero-order valence-electron chi connectivity index (χ0n) is 14.7. The lowest BCUT2D eigenvalue weighted by molar-refractivity contribution is 0.0680. The Bertz CT molecular complexity index is 873. The lowest BCUT2D eigenvalue weighted by atomic mass is 9.82. The molecule has 2 heterocycles. The van der Waals surface area contributed by atoms with E-state index in [0.717, 1.165) is 11.4 Å². The predicted octanol–water partition coefficient (Wildman–Crippen LogP) is 3.11. The number of aromatic nitrogens is 1. The summed E-state index contributed by atoms with van der Waals surface area (Å²) in [5, 5.41) is 10.7. The fourth-order valence-corrected chi connectivity index (χ4v) is 3.16. The molecule has 0 saturated heterocycles. The summed E-state index contributed by atoms with van der Waals surface area (Å²) < 4.78 is 1.24. The smallest absolute Gasteiger partial charge is 0.354 e. The minimum absolute atomic E-state index is 0.0427. The van der Waals surface area contributed by atoms with Gasteiger partial charge in [0.25, 0.3) is 11.8 Å². The number of carbonyl (C=O) groups is 3. The van der Waals surface area contributed by atoms with E-state index >= 15 is 0 Å². The molecule has 130 valence electrons. The van der Waals surface area contributed by atoms with E-state index in [4.69, 9.17) is 0 Å². The lowest BCUT2D eigenvalue weighted by Gasteiger charge is -2.24. The van der Waals surface area contributed by atoms with Gasteiger partial charge in [0.2, 0.25) is 0 Å². The Morgan fingerprint density at radius 3 is 2.08 bits per heavy atom. The van der Waals surface area contributed by atoms with E-state index in [1.54, 1.807) is 37.3 Å². The molecule has 6 nitrogen and oxygen atoms in total. The van der Waals surface area contributed by atoms with Gasteiger partial charge in [0, 0.05) is 5.69 Å². The van der Waals surface area contributed by atoms with Crippen LogP contribution in [-0.4, -0.2) is 27.6 Å². The minimum Gasteiger partial charge on any atom is -0.477 e. The SMILES string of the molecule is CCC(C)(C)c1cc(C)n(N2C(=O)c3ccccc3C2=O)c1C(=O)O. The van der Waals surface area contributed by atoms with Gasteiger partial charge in [0.15, 0.2) is 5.69 Å². The van der Waals surface area contributed by atoms with Crippen molar-refractivity contribution < 1.29 is 19.5 Å². The Morgan fingerprint density at radius 1 is 1.12 bits per heavy atom. The molecule has 0 saturated carbocycles. The second kappa shape index (κ2) is 5.58. The van der Waals surface area contributed by atoms with Crippen molar-refractivity contribution in [2.75, 3.05) is 5.01 Å². The van der Waals surface area contributed by atoms with Crippen molar-refractivity contribution in [3.05, 3.63) is 58.4 Å². The number of amides is 2. The van der Waals surface area contributed by atoms with Crippen LogP contribution in [0.5, 0.6) is 0 Å². The molecule has 1 aromatic carbocycles. The first-order valence-electron chi connectivity index (χ1n) is 8.15. The number of rotatable bonds is 4. The zero-order chi connectivity index (χ0) is 18.5. The minimum atomic E-state index is -1.17. The molecule has 0 spiro atoms. The summed E-state index contributed by atoms with van der Waals surface area (Å²) in [6, 6.07) is 8.26. The quantitative estimate of drug-likeness (QED) is 0.867. The van der Waals surface area contributed by atoms with Crippen LogP contribution in [0.4, 0.5) is 0 Å². The highest BCUT2D eigenvalue weighted by molar-refractivity contribution is 6.30. The second-order valence-corrected chi connectivity index (χ2v) is 6.87. The number of fused-ring (bicyclic) bond motifs is 1. The maximum atomic E-state index is 12.8. The standard InChI is InChI=1S/C19H20N2O4/c1-5-19(3,4)14-10-11(2)20(15(14)18(24)25)21-16(22)12-8-6-7-9-13(12)17(21)23/h6-10H,5H2,1-4H3,(H,24,25). The molecule has 1 aliphatic heterocycles. The van der Waals surface area contributed by atoms with Crippen molar-refractivity contribution in [3.63, 3.8) is 0 Å². The molecule has 0 unspecified atom stereocenters. The number of aromatic carboxylic acids is 1. The lowest BCUT2D eigenvalue weighted by Crippen LogP contribution is -2.42. The summed E-state index contributed by atoms with van der Waals surface area (Å²) in [4.78, 5) is 37.5. The third-order valence-corrected chi connectivity index (χ3v) is 4.94. The molecule has 0 aliphatic carbocycles. The summed E-state index contributed by atoms with van der Waals surface area (Å²) in [5.74, 6) is -2.19. The van der Waals surface area contributed by atoms with Crippen LogP contribution < -0.4 is 5.01 Å². The van der Waals surface area contributed by atoms with Crippen molar-refractivity contribution in [3.8, 4) is 0 Å². The average molecular weight is 340 g/mol. The molecule has 1 aromatic heterocycles.